The van der Waals surface area contributed by atoms with Crippen molar-refractivity contribution in [2.75, 3.05) is 45.3 Å². The maximum atomic E-state index is 14.9. The fourth-order valence-corrected chi connectivity index (χ4v) is 4.52. The number of rotatable bonds is 8. The fourth-order valence-electron chi connectivity index (χ4n) is 4.52. The smallest absolute Gasteiger partial charge is 0.181 e. The van der Waals surface area contributed by atoms with Crippen molar-refractivity contribution in [3.63, 3.8) is 0 Å². The van der Waals surface area contributed by atoms with Crippen LogP contribution in [0.3, 0.4) is 0 Å². The minimum Gasteiger partial charge on any atom is -0.468 e. The molecule has 10 heteroatoms. The third-order valence-corrected chi connectivity index (χ3v) is 6.71. The number of aromatic amines is 1. The predicted octanol–water partition coefficient (Wildman–Crippen LogP) is 3.86. The highest BCUT2D eigenvalue weighted by molar-refractivity contribution is 5.94. The summed E-state index contributed by atoms with van der Waals surface area (Å²) in [6.07, 6.45) is 4.26. The molecule has 2 aliphatic rings. The van der Waals surface area contributed by atoms with Gasteiger partial charge in [-0.1, -0.05) is 0 Å². The SMILES string of the molecule is C=N/C(=C\C(=N/COc1ccc2[nH]c(C)cc2c1F)N1CCN(C)CC1)Nc1cc(C2CC2)n(C)n1. The molecule has 36 heavy (non-hydrogen) atoms. The van der Waals surface area contributed by atoms with Gasteiger partial charge in [-0.2, -0.15) is 5.10 Å². The first kappa shape index (κ1) is 24.1. The Morgan fingerprint density at radius 2 is 2.03 bits per heavy atom. The van der Waals surface area contributed by atoms with Gasteiger partial charge in [0.2, 0.25) is 0 Å². The van der Waals surface area contributed by atoms with Crippen molar-refractivity contribution in [3.8, 4) is 5.75 Å². The Hall–Kier alpha value is -3.66. The Morgan fingerprint density at radius 3 is 2.75 bits per heavy atom. The topological polar surface area (TPSA) is 86.1 Å². The number of H-pyrrole nitrogens is 1. The number of fused-ring (bicyclic) bond motifs is 1. The third-order valence-electron chi connectivity index (χ3n) is 6.71. The average Bonchev–Trinajstić information content (AvgIpc) is 3.53. The van der Waals surface area contributed by atoms with Crippen LogP contribution in [-0.4, -0.2) is 77.1 Å². The van der Waals surface area contributed by atoms with Crippen molar-refractivity contribution < 1.29 is 9.13 Å². The Labute approximate surface area is 210 Å². The van der Waals surface area contributed by atoms with Gasteiger partial charge in [0.1, 0.15) is 11.7 Å². The Kier molecular flexibility index (Phi) is 6.77. The molecule has 1 aromatic carbocycles. The van der Waals surface area contributed by atoms with Gasteiger partial charge >= 0.3 is 0 Å². The van der Waals surface area contributed by atoms with Crippen LogP contribution in [0.4, 0.5) is 10.2 Å². The molecule has 1 saturated carbocycles. The van der Waals surface area contributed by atoms with Crippen molar-refractivity contribution in [2.45, 2.75) is 25.7 Å². The van der Waals surface area contributed by atoms with Crippen molar-refractivity contribution in [1.82, 2.24) is 24.6 Å². The van der Waals surface area contributed by atoms with Crippen LogP contribution < -0.4 is 10.1 Å². The zero-order valence-electron chi connectivity index (χ0n) is 21.1. The van der Waals surface area contributed by atoms with E-state index in [4.69, 9.17) is 4.74 Å². The van der Waals surface area contributed by atoms with E-state index < -0.39 is 0 Å². The highest BCUT2D eigenvalue weighted by Crippen LogP contribution is 2.40. The van der Waals surface area contributed by atoms with E-state index in [1.54, 1.807) is 12.1 Å². The summed E-state index contributed by atoms with van der Waals surface area (Å²) in [7, 11) is 4.06. The number of aliphatic imine (C=N–C) groups is 2. The number of ether oxygens (including phenoxy) is 1. The highest BCUT2D eigenvalue weighted by atomic mass is 19.1. The molecule has 0 atom stereocenters. The standard InChI is InChI=1S/C26H33FN8O/c1-17-13-19-20(30-17)7-8-22(26(19)27)36-16-29-25(35-11-9-33(3)10-12-35)15-23(28-2)31-24-14-21(18-5-6-18)34(4)32-24/h7-8,13-15,18,30H,2,5-6,9-12,16H2,1,3-4H3,(H,31,32)/b23-15+,29-25+. The van der Waals surface area contributed by atoms with E-state index in [-0.39, 0.29) is 18.3 Å². The van der Waals surface area contributed by atoms with E-state index >= 15 is 0 Å². The van der Waals surface area contributed by atoms with Crippen LogP contribution in [0.25, 0.3) is 10.9 Å². The lowest BCUT2D eigenvalue weighted by Gasteiger charge is -2.33. The second-order valence-corrected chi connectivity index (χ2v) is 9.54. The number of hydrogen-bond donors (Lipinski definition) is 2. The van der Waals surface area contributed by atoms with Crippen LogP contribution in [0, 0.1) is 12.7 Å². The van der Waals surface area contributed by atoms with Gasteiger partial charge in [0.05, 0.1) is 0 Å². The zero-order valence-corrected chi connectivity index (χ0v) is 21.1. The molecule has 190 valence electrons. The Morgan fingerprint density at radius 1 is 1.25 bits per heavy atom. The van der Waals surface area contributed by atoms with E-state index in [1.807, 2.05) is 30.8 Å². The molecule has 3 heterocycles. The average molecular weight is 493 g/mol. The minimum absolute atomic E-state index is 0.0240. The highest BCUT2D eigenvalue weighted by Gasteiger charge is 2.27. The monoisotopic (exact) mass is 492 g/mol. The minimum atomic E-state index is -0.388. The normalized spacial score (nSPS) is 17.6. The molecule has 1 saturated heterocycles. The fraction of sp³-hybridized carbons (Fsp3) is 0.423. The quantitative estimate of drug-likeness (QED) is 0.368. The van der Waals surface area contributed by atoms with Crippen molar-refractivity contribution in [1.29, 1.82) is 0 Å². The van der Waals surface area contributed by atoms with E-state index in [1.165, 1.54) is 18.5 Å². The Bertz CT molecular complexity index is 1310. The molecule has 2 fully saturated rings. The lowest BCUT2D eigenvalue weighted by molar-refractivity contribution is 0.214. The van der Waals surface area contributed by atoms with Crippen LogP contribution in [0.15, 0.2) is 46.1 Å². The number of likely N-dealkylation sites (N-methyl/N-ethyl adjacent to an activating group) is 1. The van der Waals surface area contributed by atoms with Gasteiger partial charge in [-0.25, -0.2) is 14.4 Å². The summed E-state index contributed by atoms with van der Waals surface area (Å²) in [5, 5.41) is 8.35. The first-order valence-electron chi connectivity index (χ1n) is 12.3. The number of aromatic nitrogens is 3. The van der Waals surface area contributed by atoms with Gasteiger partial charge in [0, 0.05) is 73.6 Å². The molecule has 0 spiro atoms. The van der Waals surface area contributed by atoms with Gasteiger partial charge in [-0.3, -0.25) is 4.68 Å². The van der Waals surface area contributed by atoms with Gasteiger partial charge < -0.3 is 24.8 Å². The molecule has 1 aliphatic heterocycles. The molecular weight excluding hydrogens is 459 g/mol. The first-order chi connectivity index (χ1) is 17.4. The molecule has 0 amide bonds. The van der Waals surface area contributed by atoms with Crippen molar-refractivity contribution in [3.05, 3.63) is 53.4 Å². The number of anilines is 1. The summed E-state index contributed by atoms with van der Waals surface area (Å²) in [6.45, 7) is 9.07. The molecule has 1 aliphatic carbocycles. The summed E-state index contributed by atoms with van der Waals surface area (Å²) >= 11 is 0. The van der Waals surface area contributed by atoms with E-state index in [2.05, 4.69) is 55.0 Å². The number of hydrogen-bond acceptors (Lipinski definition) is 6. The number of nitrogens with one attached hydrogen (secondary N) is 2. The summed E-state index contributed by atoms with van der Waals surface area (Å²) in [5.74, 6) is 2.35. The molecule has 0 unspecified atom stereocenters. The van der Waals surface area contributed by atoms with Gasteiger partial charge in [-0.05, 0) is 51.7 Å². The van der Waals surface area contributed by atoms with Gasteiger partial charge in [-0.15, -0.1) is 0 Å². The zero-order chi connectivity index (χ0) is 25.2. The summed E-state index contributed by atoms with van der Waals surface area (Å²) in [5.41, 5.74) is 2.86. The molecule has 3 aromatic rings. The van der Waals surface area contributed by atoms with Gasteiger partial charge in [0.25, 0.3) is 0 Å². The largest absolute Gasteiger partial charge is 0.468 e. The number of halogens is 1. The maximum Gasteiger partial charge on any atom is 0.181 e. The maximum absolute atomic E-state index is 14.9. The van der Waals surface area contributed by atoms with Gasteiger partial charge in [0.15, 0.2) is 24.1 Å². The second kappa shape index (κ2) is 10.1. The van der Waals surface area contributed by atoms with Crippen molar-refractivity contribution in [2.24, 2.45) is 17.0 Å². The Balaban J connectivity index is 1.35. The summed E-state index contributed by atoms with van der Waals surface area (Å²) < 4.78 is 22.6. The number of amidine groups is 1. The van der Waals surface area contributed by atoms with Crippen LogP contribution in [0.5, 0.6) is 5.75 Å². The molecule has 0 bridgehead atoms. The number of nitrogens with zero attached hydrogens (tertiary/aromatic N) is 6. The molecular formula is C26H33FN8O. The van der Waals surface area contributed by atoms with Crippen LogP contribution in [0.1, 0.15) is 30.1 Å². The number of aryl methyl sites for hydroxylation is 2. The first-order valence-corrected chi connectivity index (χ1v) is 12.3. The van der Waals surface area contributed by atoms with Crippen LogP contribution in [0.2, 0.25) is 0 Å². The van der Waals surface area contributed by atoms with E-state index in [0.717, 1.165) is 43.2 Å². The van der Waals surface area contributed by atoms with Crippen molar-refractivity contribution >= 4 is 29.3 Å². The summed E-state index contributed by atoms with van der Waals surface area (Å²) in [6, 6.07) is 7.29. The second-order valence-electron chi connectivity index (χ2n) is 9.54. The lowest BCUT2D eigenvalue weighted by Crippen LogP contribution is -2.47. The third kappa shape index (κ3) is 5.28. The summed E-state index contributed by atoms with van der Waals surface area (Å²) in [4.78, 5) is 16.5. The molecule has 2 aromatic heterocycles. The number of piperazine rings is 1. The number of benzene rings is 1. The lowest BCUT2D eigenvalue weighted by atomic mass is 10.2. The van der Waals surface area contributed by atoms with E-state index in [0.29, 0.717) is 23.0 Å². The van der Waals surface area contributed by atoms with E-state index in [9.17, 15) is 4.39 Å². The molecule has 2 N–H and O–H groups in total. The van der Waals surface area contributed by atoms with Crippen LogP contribution >= 0.6 is 0 Å². The molecule has 0 radical (unpaired) electrons. The molecule has 5 rings (SSSR count). The molecule has 9 nitrogen and oxygen atoms in total. The van der Waals surface area contributed by atoms with Crippen LogP contribution in [-0.2, 0) is 7.05 Å². The predicted molar refractivity (Wildman–Crippen MR) is 141 cm³/mol.